The summed E-state index contributed by atoms with van der Waals surface area (Å²) in [6.07, 6.45) is 6.58. The molecule has 4 nitrogen and oxygen atoms in total. The minimum Gasteiger partial charge on any atom is -0.313 e. The lowest BCUT2D eigenvalue weighted by Crippen LogP contribution is -2.39. The minimum atomic E-state index is -0.197. The normalized spacial score (nSPS) is 13.2. The number of thiocarbonyl (C=S) groups is 1. The highest BCUT2D eigenvalue weighted by molar-refractivity contribution is 8.22. The predicted octanol–water partition coefficient (Wildman–Crippen LogP) is 4.39. The Bertz CT molecular complexity index is 1010. The molecular formula is C21H21N3OS2. The van der Waals surface area contributed by atoms with E-state index in [-0.39, 0.29) is 5.91 Å². The Hall–Kier alpha value is -2.31. The lowest BCUT2D eigenvalue weighted by molar-refractivity contribution is 0.0944. The number of aryl methyl sites for hydroxylation is 1. The van der Waals surface area contributed by atoms with E-state index >= 15 is 0 Å². The molecule has 1 amide bonds. The van der Waals surface area contributed by atoms with Crippen LogP contribution < -0.4 is 10.9 Å². The molecule has 1 aliphatic rings. The van der Waals surface area contributed by atoms with E-state index in [9.17, 15) is 4.79 Å². The number of carbonyl (C=O) groups is 1. The molecule has 1 aromatic heterocycles. The maximum absolute atomic E-state index is 12.3. The summed E-state index contributed by atoms with van der Waals surface area (Å²) >= 11 is 6.41. The maximum Gasteiger partial charge on any atom is 0.269 e. The fourth-order valence-corrected chi connectivity index (χ4v) is 3.99. The van der Waals surface area contributed by atoms with Crippen molar-refractivity contribution in [2.45, 2.75) is 25.7 Å². The summed E-state index contributed by atoms with van der Waals surface area (Å²) < 4.78 is 2.89. The molecule has 0 spiro atoms. The predicted molar refractivity (Wildman–Crippen MR) is 117 cm³/mol. The molecule has 4 rings (SSSR count). The van der Waals surface area contributed by atoms with E-state index in [1.165, 1.54) is 46.8 Å². The van der Waals surface area contributed by atoms with Crippen LogP contribution in [0.4, 0.5) is 0 Å². The van der Waals surface area contributed by atoms with Crippen LogP contribution in [0.1, 0.15) is 34.5 Å². The molecule has 6 heteroatoms. The molecule has 0 atom stereocenters. The largest absolute Gasteiger partial charge is 0.313 e. The van der Waals surface area contributed by atoms with Gasteiger partial charge in [-0.05, 0) is 67.8 Å². The number of benzene rings is 2. The molecule has 138 valence electrons. The molecule has 0 unspecified atom stereocenters. The van der Waals surface area contributed by atoms with Crippen LogP contribution >= 0.6 is 24.0 Å². The Balaban J connectivity index is 1.67. The Morgan fingerprint density at radius 3 is 2.56 bits per heavy atom. The smallest absolute Gasteiger partial charge is 0.269 e. The van der Waals surface area contributed by atoms with Crippen LogP contribution in [-0.4, -0.2) is 21.1 Å². The van der Waals surface area contributed by atoms with Gasteiger partial charge in [0.1, 0.15) is 0 Å². The fraction of sp³-hybridized carbons (Fsp3) is 0.238. The highest BCUT2D eigenvalue weighted by atomic mass is 32.2. The average molecular weight is 396 g/mol. The molecule has 1 heterocycles. The van der Waals surface area contributed by atoms with E-state index in [0.29, 0.717) is 9.88 Å². The van der Waals surface area contributed by atoms with Crippen LogP contribution in [0, 0.1) is 0 Å². The van der Waals surface area contributed by atoms with Gasteiger partial charge in [0.15, 0.2) is 4.32 Å². The van der Waals surface area contributed by atoms with Crippen molar-refractivity contribution in [3.05, 3.63) is 65.4 Å². The number of hydrazine groups is 1. The fourth-order valence-electron chi connectivity index (χ4n) is 3.78. The van der Waals surface area contributed by atoms with Gasteiger partial charge in [-0.15, -0.1) is 0 Å². The molecule has 2 aromatic carbocycles. The number of thioether (sulfide) groups is 1. The second-order valence-electron chi connectivity index (χ2n) is 6.60. The molecule has 2 N–H and O–H groups in total. The van der Waals surface area contributed by atoms with Crippen molar-refractivity contribution in [3.63, 3.8) is 0 Å². The first-order chi connectivity index (χ1) is 13.2. The zero-order chi connectivity index (χ0) is 18.8. The van der Waals surface area contributed by atoms with Crippen LogP contribution in [0.3, 0.4) is 0 Å². The lowest BCUT2D eigenvalue weighted by Gasteiger charge is -2.16. The van der Waals surface area contributed by atoms with E-state index in [4.69, 9.17) is 12.2 Å². The highest BCUT2D eigenvalue weighted by Gasteiger charge is 2.20. The number of carbonyl (C=O) groups excluding carboxylic acids is 1. The molecule has 0 fully saturated rings. The molecule has 0 aliphatic heterocycles. The van der Waals surface area contributed by atoms with E-state index in [1.54, 1.807) is 0 Å². The molecule has 27 heavy (non-hydrogen) atoms. The Labute approximate surface area is 168 Å². The second-order valence-corrected chi connectivity index (χ2v) is 8.09. The lowest BCUT2D eigenvalue weighted by atomic mass is 9.95. The van der Waals surface area contributed by atoms with Crippen LogP contribution in [-0.2, 0) is 12.8 Å². The first-order valence-corrected chi connectivity index (χ1v) is 10.7. The van der Waals surface area contributed by atoms with Crippen molar-refractivity contribution >= 4 is 45.1 Å². The number of nitrogens with one attached hydrogen (secondary N) is 2. The number of rotatable bonds is 2. The minimum absolute atomic E-state index is 0.197. The topological polar surface area (TPSA) is 46.1 Å². The van der Waals surface area contributed by atoms with Gasteiger partial charge in [0.2, 0.25) is 0 Å². The summed E-state index contributed by atoms with van der Waals surface area (Å²) in [5, 5.41) is 1.35. The summed E-state index contributed by atoms with van der Waals surface area (Å²) in [4.78, 5) is 12.3. The van der Waals surface area contributed by atoms with Gasteiger partial charge in [0, 0.05) is 22.3 Å². The summed E-state index contributed by atoms with van der Waals surface area (Å²) in [6.45, 7) is 0. The monoisotopic (exact) mass is 395 g/mol. The van der Waals surface area contributed by atoms with Crippen LogP contribution in [0.5, 0.6) is 0 Å². The number of para-hydroxylation sites is 1. The van der Waals surface area contributed by atoms with Gasteiger partial charge in [0.05, 0.1) is 5.52 Å². The number of hydrogen-bond acceptors (Lipinski definition) is 3. The number of amides is 1. The number of nitrogens with zero attached hydrogens (tertiary/aromatic N) is 1. The van der Waals surface area contributed by atoms with Gasteiger partial charge in [-0.1, -0.05) is 42.2 Å². The third-order valence-corrected chi connectivity index (χ3v) is 6.10. The first-order valence-electron chi connectivity index (χ1n) is 9.05. The highest BCUT2D eigenvalue weighted by Crippen LogP contribution is 2.34. The van der Waals surface area contributed by atoms with Gasteiger partial charge >= 0.3 is 0 Å². The zero-order valence-corrected chi connectivity index (χ0v) is 16.8. The third kappa shape index (κ3) is 3.47. The van der Waals surface area contributed by atoms with E-state index in [1.807, 2.05) is 30.5 Å². The van der Waals surface area contributed by atoms with E-state index in [2.05, 4.69) is 39.7 Å². The summed E-state index contributed by atoms with van der Waals surface area (Å²) in [5.41, 5.74) is 11.2. The van der Waals surface area contributed by atoms with Gasteiger partial charge < -0.3 is 4.57 Å². The third-order valence-electron chi connectivity index (χ3n) is 5.03. The van der Waals surface area contributed by atoms with Crippen molar-refractivity contribution in [2.24, 2.45) is 0 Å². The van der Waals surface area contributed by atoms with Crippen LogP contribution in [0.2, 0.25) is 0 Å². The number of fused-ring (bicyclic) bond motifs is 3. The quantitative estimate of drug-likeness (QED) is 0.499. The van der Waals surface area contributed by atoms with Crippen molar-refractivity contribution < 1.29 is 4.79 Å². The van der Waals surface area contributed by atoms with Gasteiger partial charge in [0.25, 0.3) is 5.91 Å². The molecule has 1 aliphatic carbocycles. The zero-order valence-electron chi connectivity index (χ0n) is 15.1. The van der Waals surface area contributed by atoms with Gasteiger partial charge in [-0.25, -0.2) is 0 Å². The Morgan fingerprint density at radius 1 is 1.04 bits per heavy atom. The molecule has 3 aromatic rings. The molecule has 0 radical (unpaired) electrons. The van der Waals surface area contributed by atoms with Gasteiger partial charge in [-0.3, -0.25) is 15.6 Å². The SMILES string of the molecule is CSC(=S)NNC(=O)c1ccc(-n2c3c(c4ccccc42)CCCC3)cc1. The molecular weight excluding hydrogens is 374 g/mol. The maximum atomic E-state index is 12.3. The summed E-state index contributed by atoms with van der Waals surface area (Å²) in [6, 6.07) is 16.4. The first kappa shape index (κ1) is 18.1. The van der Waals surface area contributed by atoms with Crippen molar-refractivity contribution in [3.8, 4) is 5.69 Å². The van der Waals surface area contributed by atoms with Crippen LogP contribution in [0.15, 0.2) is 48.5 Å². The Kier molecular flexibility index (Phi) is 5.18. The number of aromatic nitrogens is 1. The molecule has 0 saturated heterocycles. The summed E-state index contributed by atoms with van der Waals surface area (Å²) in [7, 11) is 0. The molecule has 0 bridgehead atoms. The molecule has 0 saturated carbocycles. The average Bonchev–Trinajstić information content (AvgIpc) is 3.06. The summed E-state index contributed by atoms with van der Waals surface area (Å²) in [5.74, 6) is -0.197. The Morgan fingerprint density at radius 2 is 1.78 bits per heavy atom. The standard InChI is InChI=1S/C21H21N3OS2/c1-27-21(26)23-22-20(25)14-10-12-15(13-11-14)24-18-8-4-2-6-16(18)17-7-3-5-9-19(17)24/h2,4,6,8,10-13H,3,5,7,9H2,1H3,(H,22,25)(H,23,26). The van der Waals surface area contributed by atoms with Crippen molar-refractivity contribution in [1.29, 1.82) is 0 Å². The second kappa shape index (κ2) is 7.74. The van der Waals surface area contributed by atoms with Crippen molar-refractivity contribution in [1.82, 2.24) is 15.4 Å². The van der Waals surface area contributed by atoms with E-state index < -0.39 is 0 Å². The number of hydrogen-bond donors (Lipinski definition) is 2. The van der Waals surface area contributed by atoms with Crippen molar-refractivity contribution in [2.75, 3.05) is 6.26 Å². The van der Waals surface area contributed by atoms with E-state index in [0.717, 1.165) is 18.5 Å². The van der Waals surface area contributed by atoms with Crippen LogP contribution in [0.25, 0.3) is 16.6 Å². The van der Waals surface area contributed by atoms with Gasteiger partial charge in [-0.2, -0.15) is 0 Å².